The van der Waals surface area contributed by atoms with Crippen LogP contribution in [0.15, 0.2) is 78.9 Å². The molecule has 156 valence electrons. The second kappa shape index (κ2) is 11.5. The number of unbranched alkanes of at least 4 members (excludes halogenated alkanes) is 1. The molecule has 0 aromatic heterocycles. The average Bonchev–Trinajstić information content (AvgIpc) is 2.79. The number of rotatable bonds is 11. The molecule has 0 spiro atoms. The number of benzene rings is 3. The van der Waals surface area contributed by atoms with Crippen LogP contribution in [0, 0.1) is 0 Å². The molecule has 30 heavy (non-hydrogen) atoms. The first kappa shape index (κ1) is 21.2. The highest BCUT2D eigenvalue weighted by atomic mass is 16.5. The zero-order chi connectivity index (χ0) is 21.0. The van der Waals surface area contributed by atoms with Crippen LogP contribution >= 0.6 is 0 Å². The predicted molar refractivity (Wildman–Crippen MR) is 121 cm³/mol. The first-order chi connectivity index (χ1) is 14.7. The largest absolute Gasteiger partial charge is 0.494 e. The average molecular weight is 405 g/mol. The lowest BCUT2D eigenvalue weighted by atomic mass is 10.2. The summed E-state index contributed by atoms with van der Waals surface area (Å²) in [5, 5.41) is 6.04. The van der Waals surface area contributed by atoms with Crippen molar-refractivity contribution in [2.24, 2.45) is 0 Å². The van der Waals surface area contributed by atoms with Gasteiger partial charge in [-0.05, 0) is 48.4 Å². The van der Waals surface area contributed by atoms with Crippen molar-refractivity contribution in [3.8, 4) is 11.5 Å². The molecule has 2 N–H and O–H groups in total. The summed E-state index contributed by atoms with van der Waals surface area (Å²) in [6.07, 6.45) is 2.14. The Hall–Kier alpha value is -3.47. The minimum absolute atomic E-state index is 0.144. The lowest BCUT2D eigenvalue weighted by Crippen LogP contribution is -2.22. The molecule has 0 atom stereocenters. The van der Waals surface area contributed by atoms with Crippen molar-refractivity contribution < 1.29 is 14.3 Å². The van der Waals surface area contributed by atoms with Crippen LogP contribution < -0.4 is 20.1 Å². The van der Waals surface area contributed by atoms with Gasteiger partial charge in [0.15, 0.2) is 0 Å². The van der Waals surface area contributed by atoms with Crippen LogP contribution in [0.3, 0.4) is 0 Å². The van der Waals surface area contributed by atoms with Gasteiger partial charge in [0.2, 0.25) is 5.91 Å². The standard InChI is InChI=1S/C25H28N2O3/c1-2-3-17-29-22-15-13-21(14-16-22)26-18-25(28)27-23-11-7-8-12-24(23)30-19-20-9-5-4-6-10-20/h4-16,26H,2-3,17-19H2,1H3,(H,27,28). The molecule has 0 bridgehead atoms. The van der Waals surface area contributed by atoms with Gasteiger partial charge in [-0.25, -0.2) is 0 Å². The quantitative estimate of drug-likeness (QED) is 0.415. The molecule has 0 aliphatic carbocycles. The number of ether oxygens (including phenoxy) is 2. The Morgan fingerprint density at radius 3 is 2.37 bits per heavy atom. The van der Waals surface area contributed by atoms with Crippen molar-refractivity contribution in [1.82, 2.24) is 0 Å². The fraction of sp³-hybridized carbons (Fsp3) is 0.240. The van der Waals surface area contributed by atoms with Crippen molar-refractivity contribution in [1.29, 1.82) is 0 Å². The van der Waals surface area contributed by atoms with Crippen molar-refractivity contribution in [2.45, 2.75) is 26.4 Å². The molecule has 3 aromatic carbocycles. The maximum Gasteiger partial charge on any atom is 0.243 e. The number of para-hydroxylation sites is 2. The number of hydrogen-bond donors (Lipinski definition) is 2. The van der Waals surface area contributed by atoms with E-state index in [1.807, 2.05) is 78.9 Å². The van der Waals surface area contributed by atoms with Gasteiger partial charge in [0.25, 0.3) is 0 Å². The predicted octanol–water partition coefficient (Wildman–Crippen LogP) is 5.50. The molecular weight excluding hydrogens is 376 g/mol. The highest BCUT2D eigenvalue weighted by Crippen LogP contribution is 2.25. The van der Waals surface area contributed by atoms with E-state index in [2.05, 4.69) is 17.6 Å². The van der Waals surface area contributed by atoms with Crippen molar-refractivity contribution in [3.63, 3.8) is 0 Å². The molecule has 5 nitrogen and oxygen atoms in total. The molecule has 0 fully saturated rings. The second-order valence-electron chi connectivity index (χ2n) is 6.90. The summed E-state index contributed by atoms with van der Waals surface area (Å²) < 4.78 is 11.5. The van der Waals surface area contributed by atoms with Gasteiger partial charge in [-0.2, -0.15) is 0 Å². The molecular formula is C25H28N2O3. The highest BCUT2D eigenvalue weighted by Gasteiger charge is 2.08. The Morgan fingerprint density at radius 1 is 0.867 bits per heavy atom. The second-order valence-corrected chi connectivity index (χ2v) is 6.90. The third-order valence-corrected chi connectivity index (χ3v) is 4.47. The molecule has 0 saturated carbocycles. The molecule has 0 saturated heterocycles. The molecule has 0 unspecified atom stereocenters. The van der Waals surface area contributed by atoms with E-state index < -0.39 is 0 Å². The fourth-order valence-corrected chi connectivity index (χ4v) is 2.81. The van der Waals surface area contributed by atoms with Gasteiger partial charge >= 0.3 is 0 Å². The summed E-state index contributed by atoms with van der Waals surface area (Å²) in [7, 11) is 0. The molecule has 0 aliphatic heterocycles. The van der Waals surface area contributed by atoms with Crippen molar-refractivity contribution in [2.75, 3.05) is 23.8 Å². The molecule has 1 amide bonds. The van der Waals surface area contributed by atoms with Crippen LogP contribution in [0.5, 0.6) is 11.5 Å². The molecule has 0 radical (unpaired) electrons. The van der Waals surface area contributed by atoms with Gasteiger partial charge in [-0.15, -0.1) is 0 Å². The monoisotopic (exact) mass is 404 g/mol. The van der Waals surface area contributed by atoms with Gasteiger partial charge in [-0.1, -0.05) is 55.8 Å². The van der Waals surface area contributed by atoms with Gasteiger partial charge in [0.05, 0.1) is 18.8 Å². The molecule has 5 heteroatoms. The Bertz CT molecular complexity index is 911. The van der Waals surface area contributed by atoms with Crippen molar-refractivity contribution >= 4 is 17.3 Å². The van der Waals surface area contributed by atoms with E-state index in [4.69, 9.17) is 9.47 Å². The minimum Gasteiger partial charge on any atom is -0.494 e. The molecule has 3 rings (SSSR count). The van der Waals surface area contributed by atoms with E-state index in [1.165, 1.54) is 0 Å². The number of carbonyl (C=O) groups is 1. The van der Waals surface area contributed by atoms with E-state index >= 15 is 0 Å². The first-order valence-electron chi connectivity index (χ1n) is 10.3. The third-order valence-electron chi connectivity index (χ3n) is 4.47. The van der Waals surface area contributed by atoms with Crippen LogP contribution in [-0.4, -0.2) is 19.1 Å². The summed E-state index contributed by atoms with van der Waals surface area (Å²) in [5.41, 5.74) is 2.59. The smallest absolute Gasteiger partial charge is 0.243 e. The first-order valence-corrected chi connectivity index (χ1v) is 10.3. The fourth-order valence-electron chi connectivity index (χ4n) is 2.81. The number of hydrogen-bond acceptors (Lipinski definition) is 4. The van der Waals surface area contributed by atoms with Crippen LogP contribution in [0.25, 0.3) is 0 Å². The van der Waals surface area contributed by atoms with E-state index in [-0.39, 0.29) is 12.5 Å². The molecule has 0 heterocycles. The molecule has 0 aliphatic rings. The van der Waals surface area contributed by atoms with Crippen LogP contribution in [0.4, 0.5) is 11.4 Å². The van der Waals surface area contributed by atoms with Crippen molar-refractivity contribution in [3.05, 3.63) is 84.4 Å². The normalized spacial score (nSPS) is 10.3. The lowest BCUT2D eigenvalue weighted by Gasteiger charge is -2.13. The summed E-state index contributed by atoms with van der Waals surface area (Å²) in [6, 6.07) is 25.0. The number of nitrogens with one attached hydrogen (secondary N) is 2. The maximum atomic E-state index is 12.4. The van der Waals surface area contributed by atoms with Crippen LogP contribution in [0.1, 0.15) is 25.3 Å². The minimum atomic E-state index is -0.144. The SMILES string of the molecule is CCCCOc1ccc(NCC(=O)Nc2ccccc2OCc2ccccc2)cc1. The highest BCUT2D eigenvalue weighted by molar-refractivity contribution is 5.95. The summed E-state index contributed by atoms with van der Waals surface area (Å²) in [6.45, 7) is 3.45. The molecule has 3 aromatic rings. The zero-order valence-corrected chi connectivity index (χ0v) is 17.3. The third kappa shape index (κ3) is 6.85. The Labute approximate surface area is 178 Å². The lowest BCUT2D eigenvalue weighted by molar-refractivity contribution is -0.114. The van der Waals surface area contributed by atoms with E-state index in [1.54, 1.807) is 0 Å². The summed E-state index contributed by atoms with van der Waals surface area (Å²) >= 11 is 0. The van der Waals surface area contributed by atoms with E-state index in [0.29, 0.717) is 18.0 Å². The Kier molecular flexibility index (Phi) is 8.15. The maximum absolute atomic E-state index is 12.4. The van der Waals surface area contributed by atoms with Gasteiger partial charge in [-0.3, -0.25) is 4.79 Å². The Balaban J connectivity index is 1.49. The zero-order valence-electron chi connectivity index (χ0n) is 17.3. The van der Waals surface area contributed by atoms with E-state index in [0.717, 1.165) is 36.4 Å². The topological polar surface area (TPSA) is 59.6 Å². The number of carbonyl (C=O) groups excluding carboxylic acids is 1. The van der Waals surface area contributed by atoms with Crippen LogP contribution in [-0.2, 0) is 11.4 Å². The van der Waals surface area contributed by atoms with E-state index in [9.17, 15) is 4.79 Å². The van der Waals surface area contributed by atoms with Crippen LogP contribution in [0.2, 0.25) is 0 Å². The number of amides is 1. The van der Waals surface area contributed by atoms with Gasteiger partial charge in [0.1, 0.15) is 18.1 Å². The van der Waals surface area contributed by atoms with Gasteiger partial charge < -0.3 is 20.1 Å². The summed E-state index contributed by atoms with van der Waals surface area (Å²) in [4.78, 5) is 12.4. The summed E-state index contributed by atoms with van der Waals surface area (Å²) in [5.74, 6) is 1.33. The van der Waals surface area contributed by atoms with Gasteiger partial charge in [0, 0.05) is 5.69 Å². The Morgan fingerprint density at radius 2 is 1.60 bits per heavy atom. The number of anilines is 2.